The molecule has 0 fully saturated rings. The number of nitrogens with one attached hydrogen (secondary N) is 1. The van der Waals surface area contributed by atoms with Gasteiger partial charge in [-0.25, -0.2) is 0 Å². The first kappa shape index (κ1) is 19.1. The van der Waals surface area contributed by atoms with Crippen LogP contribution >= 0.6 is 0 Å². The highest BCUT2D eigenvalue weighted by molar-refractivity contribution is 5.81. The Balaban J connectivity index is 1.80. The largest absolute Gasteiger partial charge is 0.497 e. The summed E-state index contributed by atoms with van der Waals surface area (Å²) in [5.41, 5.74) is 0.554. The lowest BCUT2D eigenvalue weighted by Gasteiger charge is -2.38. The molecule has 5 nitrogen and oxygen atoms in total. The molecule has 0 bridgehead atoms. The molecule has 0 unspecified atom stereocenters. The topological polar surface area (TPSA) is 56.8 Å². The molecule has 0 spiro atoms. The van der Waals surface area contributed by atoms with Crippen molar-refractivity contribution in [2.45, 2.75) is 51.4 Å². The smallest absolute Gasteiger partial charge is 0.261 e. The van der Waals surface area contributed by atoms with Gasteiger partial charge in [0.2, 0.25) is 0 Å². The molecular weight excluding hydrogens is 342 g/mol. The van der Waals surface area contributed by atoms with Crippen molar-refractivity contribution < 1.29 is 19.0 Å². The van der Waals surface area contributed by atoms with Gasteiger partial charge in [0.1, 0.15) is 22.8 Å². The van der Waals surface area contributed by atoms with E-state index in [-0.39, 0.29) is 17.6 Å². The number of fused-ring (bicyclic) bond motifs is 1. The van der Waals surface area contributed by atoms with Crippen LogP contribution in [0.3, 0.4) is 0 Å². The summed E-state index contributed by atoms with van der Waals surface area (Å²) < 4.78 is 17.3. The van der Waals surface area contributed by atoms with E-state index in [2.05, 4.69) is 5.32 Å². The molecule has 1 amide bonds. The van der Waals surface area contributed by atoms with E-state index in [0.717, 1.165) is 17.1 Å². The molecule has 2 aromatic carbocycles. The molecule has 0 saturated carbocycles. The van der Waals surface area contributed by atoms with Crippen LogP contribution in [0.25, 0.3) is 0 Å². The maximum absolute atomic E-state index is 12.9. The molecule has 1 aliphatic heterocycles. The van der Waals surface area contributed by atoms with E-state index >= 15 is 0 Å². The van der Waals surface area contributed by atoms with Gasteiger partial charge in [0.15, 0.2) is 6.10 Å². The molecule has 1 aliphatic rings. The summed E-state index contributed by atoms with van der Waals surface area (Å²) in [4.78, 5) is 12.9. The van der Waals surface area contributed by atoms with Crippen LogP contribution in [0.2, 0.25) is 0 Å². The van der Waals surface area contributed by atoms with Gasteiger partial charge >= 0.3 is 0 Å². The molecule has 0 aromatic heterocycles. The van der Waals surface area contributed by atoms with Crippen LogP contribution in [-0.2, 0) is 4.79 Å². The van der Waals surface area contributed by atoms with Gasteiger partial charge in [-0.15, -0.1) is 0 Å². The van der Waals surface area contributed by atoms with Crippen LogP contribution in [0.4, 0.5) is 0 Å². The minimum Gasteiger partial charge on any atom is -0.497 e. The highest BCUT2D eigenvalue weighted by Gasteiger charge is 2.36. The van der Waals surface area contributed by atoms with Crippen LogP contribution in [0.15, 0.2) is 48.5 Å². The molecule has 0 aliphatic carbocycles. The molecule has 2 atom stereocenters. The second-order valence-corrected chi connectivity index (χ2v) is 7.36. The molecule has 1 N–H and O–H groups in total. The number of hydrogen-bond donors (Lipinski definition) is 1. The quantitative estimate of drug-likeness (QED) is 0.826. The number of rotatable bonds is 6. The standard InChI is InChI=1S/C22H27NO4/c1-5-19(26-15-9-7-6-8-10-15)21(24)23-18-14-22(2,3)27-20-12-11-16(25-4)13-17(18)20/h6-13,18-19H,5,14H2,1-4H3,(H,23,24)/t18-,19-/m0/s1. The lowest BCUT2D eigenvalue weighted by Crippen LogP contribution is -2.45. The predicted octanol–water partition coefficient (Wildman–Crippen LogP) is 4.27. The zero-order valence-electron chi connectivity index (χ0n) is 16.3. The molecule has 0 saturated heterocycles. The molecule has 1 heterocycles. The molecule has 3 rings (SSSR count). The van der Waals surface area contributed by atoms with Gasteiger partial charge in [0, 0.05) is 12.0 Å². The van der Waals surface area contributed by atoms with Gasteiger partial charge in [-0.2, -0.15) is 0 Å². The minimum absolute atomic E-state index is 0.127. The summed E-state index contributed by atoms with van der Waals surface area (Å²) in [5.74, 6) is 2.07. The third-order valence-electron chi connectivity index (χ3n) is 4.68. The number of benzene rings is 2. The summed E-state index contributed by atoms with van der Waals surface area (Å²) in [6, 6.07) is 14.9. The zero-order valence-corrected chi connectivity index (χ0v) is 16.3. The third kappa shape index (κ3) is 4.54. The Bertz CT molecular complexity index is 788. The van der Waals surface area contributed by atoms with E-state index in [1.807, 2.05) is 69.3 Å². The van der Waals surface area contributed by atoms with Crippen LogP contribution in [0.1, 0.15) is 45.2 Å². The number of ether oxygens (including phenoxy) is 3. The second-order valence-electron chi connectivity index (χ2n) is 7.36. The first-order valence-electron chi connectivity index (χ1n) is 9.31. The van der Waals surface area contributed by atoms with Crippen molar-refractivity contribution >= 4 is 5.91 Å². The van der Waals surface area contributed by atoms with Crippen LogP contribution in [0.5, 0.6) is 17.2 Å². The van der Waals surface area contributed by atoms with Crippen LogP contribution < -0.4 is 19.5 Å². The Kier molecular flexibility index (Phi) is 5.59. The van der Waals surface area contributed by atoms with Crippen molar-refractivity contribution in [1.29, 1.82) is 0 Å². The molecule has 27 heavy (non-hydrogen) atoms. The monoisotopic (exact) mass is 369 g/mol. The molecule has 5 heteroatoms. The average molecular weight is 369 g/mol. The fourth-order valence-corrected chi connectivity index (χ4v) is 3.34. The van der Waals surface area contributed by atoms with E-state index in [9.17, 15) is 4.79 Å². The van der Waals surface area contributed by atoms with Gasteiger partial charge in [-0.05, 0) is 50.6 Å². The number of para-hydroxylation sites is 1. The van der Waals surface area contributed by atoms with Crippen molar-refractivity contribution in [3.05, 3.63) is 54.1 Å². The van der Waals surface area contributed by atoms with E-state index in [1.54, 1.807) is 7.11 Å². The lowest BCUT2D eigenvalue weighted by molar-refractivity contribution is -0.129. The first-order valence-corrected chi connectivity index (χ1v) is 9.31. The zero-order chi connectivity index (χ0) is 19.4. The van der Waals surface area contributed by atoms with E-state index in [1.165, 1.54) is 0 Å². The molecule has 144 valence electrons. The van der Waals surface area contributed by atoms with Crippen molar-refractivity contribution in [1.82, 2.24) is 5.32 Å². The SMILES string of the molecule is CC[C@H](Oc1ccccc1)C(=O)N[C@H]1CC(C)(C)Oc2ccc(OC)cc21. The Morgan fingerprint density at radius 1 is 1.22 bits per heavy atom. The number of carbonyl (C=O) groups excluding carboxylic acids is 1. The molecular formula is C22H27NO4. The van der Waals surface area contributed by atoms with Crippen molar-refractivity contribution in [3.63, 3.8) is 0 Å². The van der Waals surface area contributed by atoms with E-state index < -0.39 is 6.10 Å². The van der Waals surface area contributed by atoms with Crippen molar-refractivity contribution in [3.8, 4) is 17.2 Å². The molecule has 2 aromatic rings. The summed E-state index contributed by atoms with van der Waals surface area (Å²) in [5, 5.41) is 3.15. The minimum atomic E-state index is -0.549. The van der Waals surface area contributed by atoms with E-state index in [4.69, 9.17) is 14.2 Å². The highest BCUT2D eigenvalue weighted by atomic mass is 16.5. The number of amides is 1. The summed E-state index contributed by atoms with van der Waals surface area (Å²) >= 11 is 0. The van der Waals surface area contributed by atoms with Gasteiger partial charge < -0.3 is 19.5 Å². The van der Waals surface area contributed by atoms with Crippen molar-refractivity contribution in [2.24, 2.45) is 0 Å². The summed E-state index contributed by atoms with van der Waals surface area (Å²) in [6.45, 7) is 5.99. The average Bonchev–Trinajstić information content (AvgIpc) is 2.65. The molecule has 0 radical (unpaired) electrons. The maximum atomic E-state index is 12.9. The Morgan fingerprint density at radius 3 is 2.63 bits per heavy atom. The third-order valence-corrected chi connectivity index (χ3v) is 4.68. The Labute approximate surface area is 160 Å². The first-order chi connectivity index (χ1) is 12.9. The Morgan fingerprint density at radius 2 is 1.96 bits per heavy atom. The van der Waals surface area contributed by atoms with Gasteiger partial charge in [0.05, 0.1) is 13.2 Å². The van der Waals surface area contributed by atoms with Gasteiger partial charge in [-0.3, -0.25) is 4.79 Å². The second kappa shape index (κ2) is 7.91. The number of methoxy groups -OCH3 is 1. The van der Waals surface area contributed by atoms with Gasteiger partial charge in [-0.1, -0.05) is 25.1 Å². The number of hydrogen-bond acceptors (Lipinski definition) is 4. The van der Waals surface area contributed by atoms with Crippen LogP contribution in [-0.4, -0.2) is 24.7 Å². The lowest BCUT2D eigenvalue weighted by atomic mass is 9.89. The summed E-state index contributed by atoms with van der Waals surface area (Å²) in [6.07, 6.45) is 0.700. The fraction of sp³-hybridized carbons (Fsp3) is 0.409. The van der Waals surface area contributed by atoms with Crippen molar-refractivity contribution in [2.75, 3.05) is 7.11 Å². The fourth-order valence-electron chi connectivity index (χ4n) is 3.34. The highest BCUT2D eigenvalue weighted by Crippen LogP contribution is 2.41. The van der Waals surface area contributed by atoms with E-state index in [0.29, 0.717) is 18.6 Å². The summed E-state index contributed by atoms with van der Waals surface area (Å²) in [7, 11) is 1.63. The van der Waals surface area contributed by atoms with Crippen LogP contribution in [0, 0.1) is 0 Å². The Hall–Kier alpha value is -2.69. The van der Waals surface area contributed by atoms with Gasteiger partial charge in [0.25, 0.3) is 5.91 Å². The predicted molar refractivity (Wildman–Crippen MR) is 104 cm³/mol. The number of carbonyl (C=O) groups is 1. The normalized spacial score (nSPS) is 18.6. The maximum Gasteiger partial charge on any atom is 0.261 e.